The summed E-state index contributed by atoms with van der Waals surface area (Å²) in [6.45, 7) is 5.66. The van der Waals surface area contributed by atoms with Gasteiger partial charge in [0.05, 0.1) is 24.2 Å². The molecule has 6 nitrogen and oxygen atoms in total. The van der Waals surface area contributed by atoms with Crippen molar-refractivity contribution in [2.75, 3.05) is 19.7 Å². The molecular formula is C14H18N2O4. The minimum atomic E-state index is -0.472. The second-order valence-electron chi connectivity index (χ2n) is 5.15. The molecule has 2 atom stereocenters. The van der Waals surface area contributed by atoms with E-state index in [1.54, 1.807) is 0 Å². The lowest BCUT2D eigenvalue weighted by Gasteiger charge is -2.36. The van der Waals surface area contributed by atoms with E-state index in [0.717, 1.165) is 6.54 Å². The van der Waals surface area contributed by atoms with Gasteiger partial charge in [0.2, 0.25) is 0 Å². The third kappa shape index (κ3) is 3.40. The SMILES string of the molecule is CC1CN(CC(=O)c2ccc([N+](=O)[O-])cc2)C(C)CO1. The molecule has 1 aliphatic rings. The number of carbonyl (C=O) groups is 1. The summed E-state index contributed by atoms with van der Waals surface area (Å²) in [6.07, 6.45) is 0.121. The van der Waals surface area contributed by atoms with E-state index in [1.165, 1.54) is 24.3 Å². The Balaban J connectivity index is 2.02. The second kappa shape index (κ2) is 6.11. The summed E-state index contributed by atoms with van der Waals surface area (Å²) in [5.74, 6) is -0.0270. The third-order valence-corrected chi connectivity index (χ3v) is 3.48. The van der Waals surface area contributed by atoms with Crippen LogP contribution < -0.4 is 0 Å². The van der Waals surface area contributed by atoms with Crippen LogP contribution in [0.1, 0.15) is 24.2 Å². The number of nitrogens with zero attached hydrogens (tertiary/aromatic N) is 2. The maximum atomic E-state index is 12.2. The van der Waals surface area contributed by atoms with Crippen molar-refractivity contribution >= 4 is 11.5 Å². The molecule has 1 aliphatic heterocycles. The highest BCUT2D eigenvalue weighted by atomic mass is 16.6. The molecule has 20 heavy (non-hydrogen) atoms. The first-order valence-electron chi connectivity index (χ1n) is 6.60. The van der Waals surface area contributed by atoms with Crippen molar-refractivity contribution in [3.05, 3.63) is 39.9 Å². The fourth-order valence-corrected chi connectivity index (χ4v) is 2.24. The molecule has 1 heterocycles. The second-order valence-corrected chi connectivity index (χ2v) is 5.15. The van der Waals surface area contributed by atoms with Gasteiger partial charge in [-0.25, -0.2) is 0 Å². The van der Waals surface area contributed by atoms with Gasteiger partial charge in [-0.1, -0.05) is 0 Å². The van der Waals surface area contributed by atoms with Crippen LogP contribution in [0, 0.1) is 10.1 Å². The average Bonchev–Trinajstić information content (AvgIpc) is 2.43. The van der Waals surface area contributed by atoms with Crippen molar-refractivity contribution in [1.29, 1.82) is 0 Å². The Bertz CT molecular complexity index is 500. The van der Waals surface area contributed by atoms with Crippen molar-refractivity contribution in [1.82, 2.24) is 4.90 Å². The fourth-order valence-electron chi connectivity index (χ4n) is 2.24. The number of nitro benzene ring substituents is 1. The Morgan fingerprint density at radius 2 is 2.05 bits per heavy atom. The molecule has 0 aromatic heterocycles. The summed E-state index contributed by atoms with van der Waals surface area (Å²) in [5.41, 5.74) is 0.497. The summed E-state index contributed by atoms with van der Waals surface area (Å²) in [5, 5.41) is 10.6. The van der Waals surface area contributed by atoms with E-state index in [1.807, 2.05) is 13.8 Å². The summed E-state index contributed by atoms with van der Waals surface area (Å²) in [7, 11) is 0. The lowest BCUT2D eigenvalue weighted by Crippen LogP contribution is -2.49. The number of rotatable bonds is 4. The largest absolute Gasteiger partial charge is 0.376 e. The number of ketones is 1. The molecule has 0 N–H and O–H groups in total. The highest BCUT2D eigenvalue weighted by Crippen LogP contribution is 2.15. The molecular weight excluding hydrogens is 260 g/mol. The van der Waals surface area contributed by atoms with Crippen LogP contribution in [0.15, 0.2) is 24.3 Å². The lowest BCUT2D eigenvalue weighted by molar-refractivity contribution is -0.384. The van der Waals surface area contributed by atoms with Crippen LogP contribution in [0.4, 0.5) is 5.69 Å². The van der Waals surface area contributed by atoms with Gasteiger partial charge in [0.1, 0.15) is 0 Å². The first-order chi connectivity index (χ1) is 9.47. The Morgan fingerprint density at radius 3 is 2.65 bits per heavy atom. The van der Waals surface area contributed by atoms with Crippen LogP contribution >= 0.6 is 0 Å². The first-order valence-corrected chi connectivity index (χ1v) is 6.60. The van der Waals surface area contributed by atoms with Crippen molar-refractivity contribution in [3.63, 3.8) is 0 Å². The van der Waals surface area contributed by atoms with E-state index in [0.29, 0.717) is 18.7 Å². The smallest absolute Gasteiger partial charge is 0.269 e. The Kier molecular flexibility index (Phi) is 4.46. The van der Waals surface area contributed by atoms with E-state index >= 15 is 0 Å². The maximum absolute atomic E-state index is 12.2. The van der Waals surface area contributed by atoms with Crippen molar-refractivity contribution in [2.45, 2.75) is 26.0 Å². The van der Waals surface area contributed by atoms with Crippen molar-refractivity contribution in [2.24, 2.45) is 0 Å². The van der Waals surface area contributed by atoms with E-state index in [9.17, 15) is 14.9 Å². The minimum Gasteiger partial charge on any atom is -0.376 e. The van der Waals surface area contributed by atoms with E-state index in [2.05, 4.69) is 4.90 Å². The predicted molar refractivity (Wildman–Crippen MR) is 73.9 cm³/mol. The van der Waals surface area contributed by atoms with Gasteiger partial charge in [-0.2, -0.15) is 0 Å². The molecule has 0 radical (unpaired) electrons. The lowest BCUT2D eigenvalue weighted by atomic mass is 10.1. The number of Topliss-reactive ketones (excluding diaryl/α,β-unsaturated/α-hetero) is 1. The van der Waals surface area contributed by atoms with Crippen LogP contribution in [0.25, 0.3) is 0 Å². The molecule has 2 unspecified atom stereocenters. The molecule has 0 spiro atoms. The summed E-state index contributed by atoms with van der Waals surface area (Å²) in [4.78, 5) is 24.4. The summed E-state index contributed by atoms with van der Waals surface area (Å²) < 4.78 is 5.52. The first kappa shape index (κ1) is 14.6. The zero-order valence-corrected chi connectivity index (χ0v) is 11.6. The van der Waals surface area contributed by atoms with Crippen molar-refractivity contribution in [3.8, 4) is 0 Å². The van der Waals surface area contributed by atoms with E-state index in [4.69, 9.17) is 4.74 Å². The highest BCUT2D eigenvalue weighted by Gasteiger charge is 2.25. The van der Waals surface area contributed by atoms with E-state index in [-0.39, 0.29) is 23.6 Å². The van der Waals surface area contributed by atoms with Crippen LogP contribution in [0.2, 0.25) is 0 Å². The number of non-ortho nitro benzene ring substituents is 1. The molecule has 6 heteroatoms. The summed E-state index contributed by atoms with van der Waals surface area (Å²) >= 11 is 0. The maximum Gasteiger partial charge on any atom is 0.269 e. The number of nitro groups is 1. The molecule has 2 rings (SSSR count). The van der Waals surface area contributed by atoms with Gasteiger partial charge >= 0.3 is 0 Å². The fraction of sp³-hybridized carbons (Fsp3) is 0.500. The molecule has 108 valence electrons. The highest BCUT2D eigenvalue weighted by molar-refractivity contribution is 5.97. The number of morpholine rings is 1. The molecule has 0 bridgehead atoms. The molecule has 0 aliphatic carbocycles. The molecule has 0 amide bonds. The number of hydrogen-bond donors (Lipinski definition) is 0. The third-order valence-electron chi connectivity index (χ3n) is 3.48. The summed E-state index contributed by atoms with van der Waals surface area (Å²) in [6, 6.07) is 5.94. The van der Waals surface area contributed by atoms with Gasteiger partial charge in [-0.15, -0.1) is 0 Å². The van der Waals surface area contributed by atoms with Crippen LogP contribution in [0.3, 0.4) is 0 Å². The quantitative estimate of drug-likeness (QED) is 0.477. The van der Waals surface area contributed by atoms with Gasteiger partial charge in [0, 0.05) is 30.3 Å². The topological polar surface area (TPSA) is 72.7 Å². The zero-order chi connectivity index (χ0) is 14.7. The Labute approximate surface area is 117 Å². The normalized spacial score (nSPS) is 23.5. The zero-order valence-electron chi connectivity index (χ0n) is 11.6. The molecule has 1 aromatic carbocycles. The minimum absolute atomic E-state index is 0.00471. The van der Waals surface area contributed by atoms with Crippen LogP contribution in [-0.4, -0.2) is 47.4 Å². The Hall–Kier alpha value is -1.79. The van der Waals surface area contributed by atoms with E-state index < -0.39 is 4.92 Å². The molecule has 0 saturated carbocycles. The standard InChI is InChI=1S/C14H18N2O4/c1-10-9-20-11(2)7-15(10)8-14(17)12-3-5-13(6-4-12)16(18)19/h3-6,10-11H,7-9H2,1-2H3. The number of hydrogen-bond acceptors (Lipinski definition) is 5. The van der Waals surface area contributed by atoms with Gasteiger partial charge in [-0.3, -0.25) is 19.8 Å². The monoisotopic (exact) mass is 278 g/mol. The number of carbonyl (C=O) groups excluding carboxylic acids is 1. The Morgan fingerprint density at radius 1 is 1.40 bits per heavy atom. The van der Waals surface area contributed by atoms with Crippen LogP contribution in [-0.2, 0) is 4.74 Å². The molecule has 1 saturated heterocycles. The van der Waals surface area contributed by atoms with Gasteiger partial charge in [-0.05, 0) is 26.0 Å². The number of ether oxygens (including phenoxy) is 1. The van der Waals surface area contributed by atoms with Crippen LogP contribution in [0.5, 0.6) is 0 Å². The van der Waals surface area contributed by atoms with Gasteiger partial charge < -0.3 is 4.74 Å². The van der Waals surface area contributed by atoms with Gasteiger partial charge in [0.25, 0.3) is 5.69 Å². The number of benzene rings is 1. The average molecular weight is 278 g/mol. The predicted octanol–water partition coefficient (Wildman–Crippen LogP) is 1.89. The molecule has 1 aromatic rings. The molecule has 1 fully saturated rings. The van der Waals surface area contributed by atoms with Crippen molar-refractivity contribution < 1.29 is 14.5 Å². The van der Waals surface area contributed by atoms with Gasteiger partial charge in [0.15, 0.2) is 5.78 Å².